The minimum atomic E-state index is -0.164. The lowest BCUT2D eigenvalue weighted by Gasteiger charge is -2.36. The first-order valence-electron chi connectivity index (χ1n) is 10.8. The molecule has 0 aliphatic carbocycles. The van der Waals surface area contributed by atoms with Gasteiger partial charge in [-0.05, 0) is 36.8 Å². The average Bonchev–Trinajstić information content (AvgIpc) is 2.79. The fourth-order valence-corrected chi connectivity index (χ4v) is 3.53. The Labute approximate surface area is 178 Å². The van der Waals surface area contributed by atoms with Gasteiger partial charge in [0.25, 0.3) is 5.91 Å². The van der Waals surface area contributed by atoms with E-state index in [0.29, 0.717) is 37.4 Å². The molecule has 0 spiro atoms. The van der Waals surface area contributed by atoms with Gasteiger partial charge in [-0.25, -0.2) is 0 Å². The first-order valence-corrected chi connectivity index (χ1v) is 10.8. The maximum Gasteiger partial charge on any atom is 0.255 e. The quantitative estimate of drug-likeness (QED) is 0.665. The van der Waals surface area contributed by atoms with Gasteiger partial charge in [-0.15, -0.1) is 0 Å². The Morgan fingerprint density at radius 2 is 1.77 bits per heavy atom. The van der Waals surface area contributed by atoms with Crippen LogP contribution >= 0.6 is 0 Å². The van der Waals surface area contributed by atoms with Crippen molar-refractivity contribution in [2.24, 2.45) is 0 Å². The lowest BCUT2D eigenvalue weighted by molar-refractivity contribution is -0.131. The SMILES string of the molecule is CCCCOc1cccc(C(=O)Nc2ccccc2N2CCN(C(=O)CC)CC2)c1. The summed E-state index contributed by atoms with van der Waals surface area (Å²) in [5.41, 5.74) is 2.32. The number of piperazine rings is 1. The highest BCUT2D eigenvalue weighted by molar-refractivity contribution is 6.06. The molecule has 0 bridgehead atoms. The molecular formula is C24H31N3O3. The standard InChI is InChI=1S/C24H31N3O3/c1-3-5-17-30-20-10-8-9-19(18-20)24(29)25-21-11-6-7-12-22(21)26-13-15-27(16-14-26)23(28)4-2/h6-12,18H,3-5,13-17H2,1-2H3,(H,25,29). The number of benzene rings is 2. The summed E-state index contributed by atoms with van der Waals surface area (Å²) < 4.78 is 5.72. The van der Waals surface area contributed by atoms with Crippen molar-refractivity contribution < 1.29 is 14.3 Å². The lowest BCUT2D eigenvalue weighted by atomic mass is 10.1. The number of nitrogens with zero attached hydrogens (tertiary/aromatic N) is 2. The fourth-order valence-electron chi connectivity index (χ4n) is 3.53. The molecule has 2 aromatic rings. The minimum Gasteiger partial charge on any atom is -0.494 e. The highest BCUT2D eigenvalue weighted by atomic mass is 16.5. The summed E-state index contributed by atoms with van der Waals surface area (Å²) in [5.74, 6) is 0.738. The normalized spacial score (nSPS) is 13.8. The number of unbranched alkanes of at least 4 members (excludes halogenated alkanes) is 1. The second-order valence-corrected chi connectivity index (χ2v) is 7.42. The van der Waals surface area contributed by atoms with Crippen LogP contribution in [0.3, 0.4) is 0 Å². The smallest absolute Gasteiger partial charge is 0.255 e. The number of carbonyl (C=O) groups is 2. The first-order chi connectivity index (χ1) is 14.6. The molecule has 3 rings (SSSR count). The summed E-state index contributed by atoms with van der Waals surface area (Å²) >= 11 is 0. The topological polar surface area (TPSA) is 61.9 Å². The highest BCUT2D eigenvalue weighted by Crippen LogP contribution is 2.27. The molecule has 6 nitrogen and oxygen atoms in total. The molecule has 1 saturated heterocycles. The van der Waals surface area contributed by atoms with Crippen LogP contribution in [-0.2, 0) is 4.79 Å². The van der Waals surface area contributed by atoms with Gasteiger partial charge < -0.3 is 19.9 Å². The monoisotopic (exact) mass is 409 g/mol. The number of hydrogen-bond donors (Lipinski definition) is 1. The van der Waals surface area contributed by atoms with E-state index in [-0.39, 0.29) is 11.8 Å². The third kappa shape index (κ3) is 5.53. The number of nitrogens with one attached hydrogen (secondary N) is 1. The van der Waals surface area contributed by atoms with Crippen molar-refractivity contribution in [3.8, 4) is 5.75 Å². The lowest BCUT2D eigenvalue weighted by Crippen LogP contribution is -2.48. The van der Waals surface area contributed by atoms with E-state index in [4.69, 9.17) is 4.74 Å². The molecule has 1 fully saturated rings. The largest absolute Gasteiger partial charge is 0.494 e. The Morgan fingerprint density at radius 1 is 1.00 bits per heavy atom. The molecule has 1 aliphatic rings. The predicted molar refractivity (Wildman–Crippen MR) is 120 cm³/mol. The fraction of sp³-hybridized carbons (Fsp3) is 0.417. The summed E-state index contributed by atoms with van der Waals surface area (Å²) in [6.07, 6.45) is 2.59. The van der Waals surface area contributed by atoms with Crippen molar-refractivity contribution in [2.45, 2.75) is 33.1 Å². The summed E-state index contributed by atoms with van der Waals surface area (Å²) in [6.45, 7) is 7.56. The molecule has 0 radical (unpaired) electrons. The third-order valence-electron chi connectivity index (χ3n) is 5.29. The zero-order chi connectivity index (χ0) is 21.3. The van der Waals surface area contributed by atoms with E-state index in [1.165, 1.54) is 0 Å². The van der Waals surface area contributed by atoms with Crippen molar-refractivity contribution in [2.75, 3.05) is 43.0 Å². The Hall–Kier alpha value is -3.02. The van der Waals surface area contributed by atoms with Crippen molar-refractivity contribution in [1.29, 1.82) is 0 Å². The summed E-state index contributed by atoms with van der Waals surface area (Å²) in [6, 6.07) is 15.1. The Kier molecular flexibility index (Phi) is 7.71. The zero-order valence-corrected chi connectivity index (χ0v) is 17.9. The van der Waals surface area contributed by atoms with Crippen LogP contribution in [0.2, 0.25) is 0 Å². The van der Waals surface area contributed by atoms with Crippen LogP contribution in [-0.4, -0.2) is 49.5 Å². The number of ether oxygens (including phenoxy) is 1. The van der Waals surface area contributed by atoms with Gasteiger partial charge in [-0.1, -0.05) is 38.5 Å². The van der Waals surface area contributed by atoms with E-state index in [0.717, 1.165) is 37.3 Å². The molecular weight excluding hydrogens is 378 g/mol. The Morgan fingerprint density at radius 3 is 2.50 bits per heavy atom. The van der Waals surface area contributed by atoms with Crippen molar-refractivity contribution >= 4 is 23.2 Å². The summed E-state index contributed by atoms with van der Waals surface area (Å²) in [7, 11) is 0. The van der Waals surface area contributed by atoms with E-state index >= 15 is 0 Å². The predicted octanol–water partition coefficient (Wildman–Crippen LogP) is 4.18. The van der Waals surface area contributed by atoms with E-state index in [9.17, 15) is 9.59 Å². The molecule has 0 saturated carbocycles. The molecule has 2 aromatic carbocycles. The summed E-state index contributed by atoms with van der Waals surface area (Å²) in [5, 5.41) is 3.05. The molecule has 1 heterocycles. The van der Waals surface area contributed by atoms with E-state index in [1.807, 2.05) is 48.2 Å². The molecule has 0 unspecified atom stereocenters. The van der Waals surface area contributed by atoms with Gasteiger partial charge >= 0.3 is 0 Å². The Bertz CT molecular complexity index is 860. The molecule has 0 aromatic heterocycles. The number of hydrogen-bond acceptors (Lipinski definition) is 4. The second kappa shape index (κ2) is 10.7. The minimum absolute atomic E-state index is 0.164. The van der Waals surface area contributed by atoms with Crippen LogP contribution in [0.5, 0.6) is 5.75 Å². The second-order valence-electron chi connectivity index (χ2n) is 7.42. The highest BCUT2D eigenvalue weighted by Gasteiger charge is 2.22. The van der Waals surface area contributed by atoms with Gasteiger partial charge in [-0.2, -0.15) is 0 Å². The van der Waals surface area contributed by atoms with Crippen molar-refractivity contribution in [3.05, 3.63) is 54.1 Å². The van der Waals surface area contributed by atoms with Crippen LogP contribution in [0.4, 0.5) is 11.4 Å². The van der Waals surface area contributed by atoms with Gasteiger partial charge in [0, 0.05) is 38.2 Å². The number of amides is 2. The van der Waals surface area contributed by atoms with Crippen LogP contribution in [0.15, 0.2) is 48.5 Å². The average molecular weight is 410 g/mol. The van der Waals surface area contributed by atoms with Crippen molar-refractivity contribution in [1.82, 2.24) is 4.90 Å². The van der Waals surface area contributed by atoms with E-state index < -0.39 is 0 Å². The van der Waals surface area contributed by atoms with E-state index in [1.54, 1.807) is 12.1 Å². The van der Waals surface area contributed by atoms with E-state index in [2.05, 4.69) is 17.1 Å². The Balaban J connectivity index is 1.67. The van der Waals surface area contributed by atoms with Gasteiger partial charge in [0.05, 0.1) is 18.0 Å². The maximum absolute atomic E-state index is 12.9. The first kappa shape index (κ1) is 21.7. The number of carbonyl (C=O) groups excluding carboxylic acids is 2. The van der Waals surface area contributed by atoms with Gasteiger partial charge in [0.15, 0.2) is 0 Å². The molecule has 1 aliphatic heterocycles. The molecule has 6 heteroatoms. The maximum atomic E-state index is 12.9. The van der Waals surface area contributed by atoms with Crippen LogP contribution < -0.4 is 15.0 Å². The summed E-state index contributed by atoms with van der Waals surface area (Å²) in [4.78, 5) is 28.9. The van der Waals surface area contributed by atoms with Crippen molar-refractivity contribution in [3.63, 3.8) is 0 Å². The molecule has 0 atom stereocenters. The zero-order valence-electron chi connectivity index (χ0n) is 17.9. The van der Waals surface area contributed by atoms with Crippen LogP contribution in [0, 0.1) is 0 Å². The van der Waals surface area contributed by atoms with Crippen LogP contribution in [0.1, 0.15) is 43.5 Å². The number of para-hydroxylation sites is 2. The molecule has 160 valence electrons. The van der Waals surface area contributed by atoms with Gasteiger partial charge in [0.2, 0.25) is 5.91 Å². The van der Waals surface area contributed by atoms with Crippen LogP contribution in [0.25, 0.3) is 0 Å². The molecule has 30 heavy (non-hydrogen) atoms. The van der Waals surface area contributed by atoms with Gasteiger partial charge in [-0.3, -0.25) is 9.59 Å². The third-order valence-corrected chi connectivity index (χ3v) is 5.29. The number of anilines is 2. The molecule has 2 amide bonds. The number of rotatable bonds is 8. The van der Waals surface area contributed by atoms with Gasteiger partial charge in [0.1, 0.15) is 5.75 Å². The molecule has 1 N–H and O–H groups in total.